The van der Waals surface area contributed by atoms with Crippen molar-refractivity contribution in [1.29, 1.82) is 0 Å². The van der Waals surface area contributed by atoms with Crippen LogP contribution in [0.1, 0.15) is 24.2 Å². The van der Waals surface area contributed by atoms with Gasteiger partial charge in [-0.1, -0.05) is 43.3 Å². The molecule has 2 aromatic rings. The number of hydrogen-bond acceptors (Lipinski definition) is 3. The van der Waals surface area contributed by atoms with Crippen LogP contribution in [0.25, 0.3) is 0 Å². The first-order valence-electron chi connectivity index (χ1n) is 7.34. The van der Waals surface area contributed by atoms with Crippen molar-refractivity contribution in [2.75, 3.05) is 13.2 Å². The summed E-state index contributed by atoms with van der Waals surface area (Å²) in [6, 6.07) is 15.7. The van der Waals surface area contributed by atoms with Crippen molar-refractivity contribution in [3.8, 4) is 11.5 Å². The normalized spacial score (nSPS) is 18.9. The van der Waals surface area contributed by atoms with Gasteiger partial charge in [-0.3, -0.25) is 0 Å². The highest BCUT2D eigenvalue weighted by atomic mass is 16.5. The summed E-state index contributed by atoms with van der Waals surface area (Å²) in [5, 5.41) is 10.4. The average molecular weight is 284 g/mol. The van der Waals surface area contributed by atoms with Gasteiger partial charge in [0.05, 0.1) is 19.3 Å². The molecule has 1 N–H and O–H groups in total. The standard InChI is InChI=1S/C18H20O3/c1-13-11-20-17-8-7-15(10-18(17)21-12-13)16(19)9-14-5-3-2-4-6-14/h2-8,10,13,16,19H,9,11-12H2,1H3. The van der Waals surface area contributed by atoms with Crippen molar-refractivity contribution in [3.05, 3.63) is 59.7 Å². The van der Waals surface area contributed by atoms with E-state index in [4.69, 9.17) is 9.47 Å². The van der Waals surface area contributed by atoms with Crippen LogP contribution in [-0.4, -0.2) is 18.3 Å². The maximum atomic E-state index is 10.4. The Hall–Kier alpha value is -2.00. The topological polar surface area (TPSA) is 38.7 Å². The van der Waals surface area contributed by atoms with Gasteiger partial charge in [0, 0.05) is 12.3 Å². The Morgan fingerprint density at radius 3 is 2.52 bits per heavy atom. The molecule has 3 nitrogen and oxygen atoms in total. The monoisotopic (exact) mass is 284 g/mol. The quantitative estimate of drug-likeness (QED) is 0.939. The third-order valence-electron chi connectivity index (χ3n) is 3.67. The lowest BCUT2D eigenvalue weighted by atomic mass is 10.0. The molecule has 0 amide bonds. The second kappa shape index (κ2) is 6.19. The predicted molar refractivity (Wildman–Crippen MR) is 81.7 cm³/mol. The van der Waals surface area contributed by atoms with E-state index in [0.717, 1.165) is 22.6 Å². The first-order valence-corrected chi connectivity index (χ1v) is 7.34. The van der Waals surface area contributed by atoms with Gasteiger partial charge in [-0.05, 0) is 23.3 Å². The second-order valence-corrected chi connectivity index (χ2v) is 5.64. The van der Waals surface area contributed by atoms with Gasteiger partial charge in [-0.2, -0.15) is 0 Å². The van der Waals surface area contributed by atoms with E-state index in [9.17, 15) is 5.11 Å². The van der Waals surface area contributed by atoms with E-state index in [-0.39, 0.29) is 0 Å². The van der Waals surface area contributed by atoms with Crippen LogP contribution in [0.2, 0.25) is 0 Å². The van der Waals surface area contributed by atoms with Crippen molar-refractivity contribution in [3.63, 3.8) is 0 Å². The van der Waals surface area contributed by atoms with Crippen LogP contribution in [0.3, 0.4) is 0 Å². The van der Waals surface area contributed by atoms with E-state index in [2.05, 4.69) is 6.92 Å². The Labute approximate surface area is 125 Å². The summed E-state index contributed by atoms with van der Waals surface area (Å²) >= 11 is 0. The number of fused-ring (bicyclic) bond motifs is 1. The molecule has 0 saturated carbocycles. The van der Waals surface area contributed by atoms with E-state index in [1.54, 1.807) is 0 Å². The third kappa shape index (κ3) is 3.37. The number of ether oxygens (including phenoxy) is 2. The Morgan fingerprint density at radius 1 is 1.05 bits per heavy atom. The maximum absolute atomic E-state index is 10.4. The van der Waals surface area contributed by atoms with Crippen LogP contribution in [-0.2, 0) is 6.42 Å². The lowest BCUT2D eigenvalue weighted by molar-refractivity contribution is 0.177. The predicted octanol–water partition coefficient (Wildman–Crippen LogP) is 3.37. The van der Waals surface area contributed by atoms with E-state index in [1.807, 2.05) is 48.5 Å². The van der Waals surface area contributed by atoms with Crippen molar-refractivity contribution >= 4 is 0 Å². The molecule has 0 radical (unpaired) electrons. The van der Waals surface area contributed by atoms with Crippen LogP contribution in [0, 0.1) is 5.92 Å². The third-order valence-corrected chi connectivity index (χ3v) is 3.67. The van der Waals surface area contributed by atoms with Crippen LogP contribution in [0.15, 0.2) is 48.5 Å². The van der Waals surface area contributed by atoms with Gasteiger partial charge in [0.1, 0.15) is 0 Å². The summed E-state index contributed by atoms with van der Waals surface area (Å²) in [5.74, 6) is 1.86. The number of aliphatic hydroxyl groups excluding tert-OH is 1. The summed E-state index contributed by atoms with van der Waals surface area (Å²) in [6.45, 7) is 3.40. The lowest BCUT2D eigenvalue weighted by Crippen LogP contribution is -2.12. The molecule has 0 spiro atoms. The molecule has 1 heterocycles. The minimum atomic E-state index is -0.540. The zero-order valence-corrected chi connectivity index (χ0v) is 12.2. The van der Waals surface area contributed by atoms with Gasteiger partial charge >= 0.3 is 0 Å². The van der Waals surface area contributed by atoms with Crippen molar-refractivity contribution in [1.82, 2.24) is 0 Å². The Morgan fingerprint density at radius 2 is 1.76 bits per heavy atom. The zero-order chi connectivity index (χ0) is 14.7. The second-order valence-electron chi connectivity index (χ2n) is 5.64. The zero-order valence-electron chi connectivity index (χ0n) is 12.2. The van der Waals surface area contributed by atoms with Crippen molar-refractivity contribution in [2.45, 2.75) is 19.4 Å². The molecule has 2 unspecified atom stereocenters. The van der Waals surface area contributed by atoms with Crippen LogP contribution < -0.4 is 9.47 Å². The molecule has 1 aliphatic rings. The van der Waals surface area contributed by atoms with E-state index in [0.29, 0.717) is 25.6 Å². The number of benzene rings is 2. The van der Waals surface area contributed by atoms with Gasteiger partial charge in [0.2, 0.25) is 0 Å². The van der Waals surface area contributed by atoms with Crippen LogP contribution in [0.4, 0.5) is 0 Å². The van der Waals surface area contributed by atoms with E-state index < -0.39 is 6.10 Å². The van der Waals surface area contributed by atoms with E-state index in [1.165, 1.54) is 0 Å². The Kier molecular flexibility index (Phi) is 4.11. The molecule has 0 fully saturated rings. The molecule has 2 aromatic carbocycles. The summed E-state index contributed by atoms with van der Waals surface area (Å²) < 4.78 is 11.5. The average Bonchev–Trinajstić information content (AvgIpc) is 2.70. The van der Waals surface area contributed by atoms with Crippen LogP contribution >= 0.6 is 0 Å². The molecule has 0 aromatic heterocycles. The molecule has 3 rings (SSSR count). The molecule has 0 bridgehead atoms. The summed E-state index contributed by atoms with van der Waals surface area (Å²) in [6.07, 6.45) is 0.0543. The summed E-state index contributed by atoms with van der Waals surface area (Å²) in [5.41, 5.74) is 1.97. The molecular formula is C18H20O3. The maximum Gasteiger partial charge on any atom is 0.161 e. The highest BCUT2D eigenvalue weighted by Gasteiger charge is 2.17. The summed E-state index contributed by atoms with van der Waals surface area (Å²) in [4.78, 5) is 0. The van der Waals surface area contributed by atoms with Crippen LogP contribution in [0.5, 0.6) is 11.5 Å². The molecule has 110 valence electrons. The Balaban J connectivity index is 1.77. The SMILES string of the molecule is CC1COc2ccc(C(O)Cc3ccccc3)cc2OC1. The highest BCUT2D eigenvalue weighted by Crippen LogP contribution is 2.33. The highest BCUT2D eigenvalue weighted by molar-refractivity contribution is 5.44. The van der Waals surface area contributed by atoms with Gasteiger partial charge in [-0.15, -0.1) is 0 Å². The minimum Gasteiger partial charge on any atom is -0.489 e. The lowest BCUT2D eigenvalue weighted by Gasteiger charge is -2.14. The fourth-order valence-electron chi connectivity index (χ4n) is 2.43. The molecule has 2 atom stereocenters. The molecule has 3 heteroatoms. The van der Waals surface area contributed by atoms with Gasteiger partial charge < -0.3 is 14.6 Å². The number of rotatable bonds is 3. The Bertz CT molecular complexity index is 595. The number of aliphatic hydroxyl groups is 1. The number of hydrogen-bond donors (Lipinski definition) is 1. The van der Waals surface area contributed by atoms with Gasteiger partial charge in [0.25, 0.3) is 0 Å². The molecular weight excluding hydrogens is 264 g/mol. The molecule has 1 aliphatic heterocycles. The molecule has 21 heavy (non-hydrogen) atoms. The molecule has 0 aliphatic carbocycles. The smallest absolute Gasteiger partial charge is 0.161 e. The van der Waals surface area contributed by atoms with Gasteiger partial charge in [-0.25, -0.2) is 0 Å². The summed E-state index contributed by atoms with van der Waals surface area (Å²) in [7, 11) is 0. The van der Waals surface area contributed by atoms with Gasteiger partial charge in [0.15, 0.2) is 11.5 Å². The first-order chi connectivity index (χ1) is 10.2. The first kappa shape index (κ1) is 14.0. The van der Waals surface area contributed by atoms with Crippen molar-refractivity contribution in [2.24, 2.45) is 5.92 Å². The fraction of sp³-hybridized carbons (Fsp3) is 0.333. The largest absolute Gasteiger partial charge is 0.489 e. The fourth-order valence-corrected chi connectivity index (χ4v) is 2.43. The van der Waals surface area contributed by atoms with Crippen molar-refractivity contribution < 1.29 is 14.6 Å². The molecule has 0 saturated heterocycles. The minimum absolute atomic E-state index is 0.370. The van der Waals surface area contributed by atoms with E-state index >= 15 is 0 Å².